The Morgan fingerprint density at radius 3 is 2.48 bits per heavy atom. The first-order chi connectivity index (χ1) is 13.5. The minimum Gasteiger partial charge on any atom is -0.413 e. The van der Waals surface area contributed by atoms with Gasteiger partial charge in [0.15, 0.2) is 14.1 Å². The molecule has 0 aromatic carbocycles. The third-order valence-electron chi connectivity index (χ3n) is 6.89. The Bertz CT molecular complexity index is 798. The number of β-lactam (4-membered cyclic amide) rings is 1. The molecule has 1 saturated carbocycles. The summed E-state index contributed by atoms with van der Waals surface area (Å²) < 4.78 is 6.50. The van der Waals surface area contributed by atoms with E-state index in [2.05, 4.69) is 44.2 Å². The lowest BCUT2D eigenvalue weighted by Gasteiger charge is -2.48. The van der Waals surface area contributed by atoms with Gasteiger partial charge in [-0.25, -0.2) is 0 Å². The van der Waals surface area contributed by atoms with Crippen molar-refractivity contribution < 1.29 is 14.0 Å². The Kier molecular flexibility index (Phi) is 6.15. The van der Waals surface area contributed by atoms with E-state index in [4.69, 9.17) is 4.43 Å². The van der Waals surface area contributed by atoms with Crippen molar-refractivity contribution >= 4 is 26.1 Å². The van der Waals surface area contributed by atoms with Crippen LogP contribution in [-0.2, 0) is 14.0 Å². The molecule has 1 aromatic heterocycles. The highest BCUT2D eigenvalue weighted by molar-refractivity contribution is 6.74. The zero-order chi connectivity index (χ0) is 21.4. The van der Waals surface area contributed by atoms with Crippen LogP contribution in [0.3, 0.4) is 0 Å². The molecule has 1 amide bonds. The monoisotopic (exact) mass is 414 g/mol. The standard InChI is InChI=1S/C23H34N2O3Si/c1-15(28-29(5,6)23(2,3)4)19-20(25-22(19)27)18-9-7-8-17(21(18)26)14-16-10-12-24-13-11-16/h10-15,18-20H,7-9H2,1-6H3,(H,25,27)/t15-,18-,19-,20-/m1/s1. The van der Waals surface area contributed by atoms with Gasteiger partial charge in [-0.1, -0.05) is 20.8 Å². The maximum absolute atomic E-state index is 13.2. The van der Waals surface area contributed by atoms with Crippen molar-refractivity contribution in [2.45, 2.75) is 77.2 Å². The SMILES string of the molecule is C[C@@H](O[Si](C)(C)C(C)(C)C)[C@H]1C(=O)N[C@@H]1[C@H]1CCCC(=Cc2ccncc2)C1=O. The summed E-state index contributed by atoms with van der Waals surface area (Å²) in [6.45, 7) is 13.0. The third-order valence-corrected chi connectivity index (χ3v) is 11.5. The van der Waals surface area contributed by atoms with Gasteiger partial charge in [0.25, 0.3) is 0 Å². The van der Waals surface area contributed by atoms with Gasteiger partial charge >= 0.3 is 0 Å². The molecule has 6 heteroatoms. The molecule has 3 rings (SSSR count). The van der Waals surface area contributed by atoms with Crippen LogP contribution in [0.2, 0.25) is 18.1 Å². The molecule has 2 heterocycles. The van der Waals surface area contributed by atoms with Gasteiger partial charge in [-0.15, -0.1) is 0 Å². The van der Waals surface area contributed by atoms with Crippen LogP contribution >= 0.6 is 0 Å². The largest absolute Gasteiger partial charge is 0.413 e. The summed E-state index contributed by atoms with van der Waals surface area (Å²) in [6.07, 6.45) is 7.83. The summed E-state index contributed by atoms with van der Waals surface area (Å²) in [5.41, 5.74) is 1.85. The number of rotatable bonds is 5. The molecular formula is C23H34N2O3Si. The van der Waals surface area contributed by atoms with Crippen LogP contribution < -0.4 is 5.32 Å². The first-order valence-electron chi connectivity index (χ1n) is 10.6. The van der Waals surface area contributed by atoms with E-state index in [1.165, 1.54) is 0 Å². The molecule has 1 saturated heterocycles. The van der Waals surface area contributed by atoms with Crippen LogP contribution in [0.4, 0.5) is 0 Å². The summed E-state index contributed by atoms with van der Waals surface area (Å²) >= 11 is 0. The molecule has 0 radical (unpaired) electrons. The van der Waals surface area contributed by atoms with E-state index in [0.29, 0.717) is 0 Å². The molecule has 5 nitrogen and oxygen atoms in total. The van der Waals surface area contributed by atoms with E-state index >= 15 is 0 Å². The van der Waals surface area contributed by atoms with Crippen molar-refractivity contribution in [3.8, 4) is 0 Å². The average Bonchev–Trinajstić information content (AvgIpc) is 2.61. The van der Waals surface area contributed by atoms with Gasteiger partial charge in [0.05, 0.1) is 18.1 Å². The van der Waals surface area contributed by atoms with E-state index in [-0.39, 0.29) is 40.7 Å². The molecule has 4 atom stereocenters. The number of hydrogen-bond acceptors (Lipinski definition) is 4. The maximum atomic E-state index is 13.2. The lowest BCUT2D eigenvalue weighted by Crippen LogP contribution is -2.67. The van der Waals surface area contributed by atoms with Gasteiger partial charge in [-0.3, -0.25) is 14.6 Å². The van der Waals surface area contributed by atoms with E-state index < -0.39 is 8.32 Å². The maximum Gasteiger partial charge on any atom is 0.228 e. The number of nitrogens with zero attached hydrogens (tertiary/aromatic N) is 1. The van der Waals surface area contributed by atoms with Gasteiger partial charge in [0.1, 0.15) is 0 Å². The molecule has 29 heavy (non-hydrogen) atoms. The fourth-order valence-corrected chi connectivity index (χ4v) is 5.57. The highest BCUT2D eigenvalue weighted by Crippen LogP contribution is 2.41. The van der Waals surface area contributed by atoms with E-state index in [1.54, 1.807) is 12.4 Å². The second-order valence-electron chi connectivity index (χ2n) is 9.96. The van der Waals surface area contributed by atoms with Gasteiger partial charge in [0.2, 0.25) is 5.91 Å². The summed E-state index contributed by atoms with van der Waals surface area (Å²) in [5, 5.41) is 3.10. The van der Waals surface area contributed by atoms with Gasteiger partial charge in [-0.05, 0) is 73.7 Å². The van der Waals surface area contributed by atoms with E-state index in [9.17, 15) is 9.59 Å². The number of amides is 1. The van der Waals surface area contributed by atoms with Crippen LogP contribution in [0, 0.1) is 11.8 Å². The van der Waals surface area contributed by atoms with Crippen LogP contribution in [0.1, 0.15) is 52.5 Å². The number of aromatic nitrogens is 1. The highest BCUT2D eigenvalue weighted by atomic mass is 28.4. The second kappa shape index (κ2) is 8.15. The number of allylic oxidation sites excluding steroid dienone is 1. The van der Waals surface area contributed by atoms with Crippen LogP contribution in [0.25, 0.3) is 6.08 Å². The summed E-state index contributed by atoms with van der Waals surface area (Å²) in [5.74, 6) is -0.231. The van der Waals surface area contributed by atoms with Crippen molar-refractivity contribution in [3.63, 3.8) is 0 Å². The van der Waals surface area contributed by atoms with Crippen LogP contribution in [-0.4, -0.2) is 37.1 Å². The molecule has 2 aliphatic rings. The first kappa shape index (κ1) is 21.9. The normalized spacial score (nSPS) is 28.1. The number of pyridine rings is 1. The second-order valence-corrected chi connectivity index (χ2v) is 14.7. The Balaban J connectivity index is 1.75. The van der Waals surface area contributed by atoms with Crippen molar-refractivity contribution in [3.05, 3.63) is 35.7 Å². The lowest BCUT2D eigenvalue weighted by atomic mass is 9.70. The van der Waals surface area contributed by atoms with Crippen molar-refractivity contribution in [1.82, 2.24) is 10.3 Å². The zero-order valence-electron chi connectivity index (χ0n) is 18.5. The Hall–Kier alpha value is -1.79. The van der Waals surface area contributed by atoms with Gasteiger partial charge in [0, 0.05) is 18.3 Å². The van der Waals surface area contributed by atoms with Crippen molar-refractivity contribution in [2.24, 2.45) is 11.8 Å². The fraction of sp³-hybridized carbons (Fsp3) is 0.609. The zero-order valence-corrected chi connectivity index (χ0v) is 19.5. The molecule has 0 bridgehead atoms. The molecule has 1 aromatic rings. The molecule has 1 aliphatic heterocycles. The number of carbonyl (C=O) groups is 2. The summed E-state index contributed by atoms with van der Waals surface area (Å²) in [7, 11) is -1.99. The summed E-state index contributed by atoms with van der Waals surface area (Å²) in [6, 6.07) is 3.69. The highest BCUT2D eigenvalue weighted by Gasteiger charge is 2.52. The molecule has 2 fully saturated rings. The molecule has 0 spiro atoms. The van der Waals surface area contributed by atoms with Gasteiger partial charge in [-0.2, -0.15) is 0 Å². The minimum atomic E-state index is -1.99. The quantitative estimate of drug-likeness (QED) is 0.442. The molecular weight excluding hydrogens is 380 g/mol. The predicted octanol–water partition coefficient (Wildman–Crippen LogP) is 4.36. The Morgan fingerprint density at radius 2 is 1.90 bits per heavy atom. The fourth-order valence-electron chi connectivity index (χ4n) is 4.14. The first-order valence-corrected chi connectivity index (χ1v) is 13.5. The molecule has 0 unspecified atom stereocenters. The van der Waals surface area contributed by atoms with E-state index in [0.717, 1.165) is 30.4 Å². The number of carbonyl (C=O) groups excluding carboxylic acids is 2. The van der Waals surface area contributed by atoms with Crippen LogP contribution in [0.15, 0.2) is 30.1 Å². The molecule has 1 N–H and O–H groups in total. The molecule has 1 aliphatic carbocycles. The number of Topliss-reactive ketones (excluding diaryl/α,β-unsaturated/α-hetero) is 1. The summed E-state index contributed by atoms with van der Waals surface area (Å²) in [4.78, 5) is 29.7. The molecule has 158 valence electrons. The van der Waals surface area contributed by atoms with Crippen LogP contribution in [0.5, 0.6) is 0 Å². The Morgan fingerprint density at radius 1 is 1.24 bits per heavy atom. The lowest BCUT2D eigenvalue weighted by molar-refractivity contribution is -0.144. The van der Waals surface area contributed by atoms with Crippen molar-refractivity contribution in [2.75, 3.05) is 0 Å². The average molecular weight is 415 g/mol. The van der Waals surface area contributed by atoms with Crippen molar-refractivity contribution in [1.29, 1.82) is 0 Å². The third kappa shape index (κ3) is 4.53. The smallest absolute Gasteiger partial charge is 0.228 e. The minimum absolute atomic E-state index is 0.0132. The number of nitrogens with one attached hydrogen (secondary N) is 1. The van der Waals surface area contributed by atoms with Gasteiger partial charge < -0.3 is 9.74 Å². The van der Waals surface area contributed by atoms with E-state index in [1.807, 2.05) is 25.1 Å². The predicted molar refractivity (Wildman–Crippen MR) is 118 cm³/mol. The Labute approximate surface area is 175 Å². The number of hydrogen-bond donors (Lipinski definition) is 1. The topological polar surface area (TPSA) is 68.3 Å². The number of ketones is 1.